The molecular formula is C10H8F2N4O. The number of hydrogen-bond acceptors (Lipinski definition) is 3. The minimum absolute atomic E-state index is 0.0741. The molecule has 5 nitrogen and oxygen atoms in total. The van der Waals surface area contributed by atoms with Gasteiger partial charge in [-0.05, 0) is 12.1 Å². The minimum atomic E-state index is -0.861. The van der Waals surface area contributed by atoms with Gasteiger partial charge in [-0.15, -0.1) is 0 Å². The fraction of sp³-hybridized carbons (Fsp3) is 0. The molecule has 0 radical (unpaired) electrons. The first kappa shape index (κ1) is 11.1. The molecule has 1 aromatic carbocycles. The van der Waals surface area contributed by atoms with Gasteiger partial charge in [-0.3, -0.25) is 9.89 Å². The average Bonchev–Trinajstić information content (AvgIpc) is 2.68. The van der Waals surface area contributed by atoms with Crippen LogP contribution < -0.4 is 11.1 Å². The van der Waals surface area contributed by atoms with Crippen LogP contribution in [0.5, 0.6) is 0 Å². The maximum atomic E-state index is 13.2. The van der Waals surface area contributed by atoms with Crippen molar-refractivity contribution in [2.45, 2.75) is 0 Å². The third-order valence-corrected chi connectivity index (χ3v) is 2.09. The van der Waals surface area contributed by atoms with E-state index in [1.807, 2.05) is 0 Å². The summed E-state index contributed by atoms with van der Waals surface area (Å²) < 4.78 is 25.9. The number of nitrogens with zero attached hydrogens (tertiary/aromatic N) is 1. The topological polar surface area (TPSA) is 83.8 Å². The van der Waals surface area contributed by atoms with E-state index in [1.165, 1.54) is 6.20 Å². The Morgan fingerprint density at radius 1 is 1.41 bits per heavy atom. The monoisotopic (exact) mass is 238 g/mol. The molecule has 17 heavy (non-hydrogen) atoms. The molecular weight excluding hydrogens is 230 g/mol. The van der Waals surface area contributed by atoms with E-state index >= 15 is 0 Å². The summed E-state index contributed by atoms with van der Waals surface area (Å²) in [5, 5.41) is 8.19. The van der Waals surface area contributed by atoms with Crippen molar-refractivity contribution in [3.63, 3.8) is 0 Å². The van der Waals surface area contributed by atoms with Crippen LogP contribution in [0.3, 0.4) is 0 Å². The summed E-state index contributed by atoms with van der Waals surface area (Å²) in [6.45, 7) is 0. The van der Waals surface area contributed by atoms with Gasteiger partial charge in [0.2, 0.25) is 0 Å². The normalized spacial score (nSPS) is 10.2. The van der Waals surface area contributed by atoms with Crippen LogP contribution in [0.15, 0.2) is 24.4 Å². The highest BCUT2D eigenvalue weighted by Gasteiger charge is 2.13. The average molecular weight is 238 g/mol. The number of nitrogens with two attached hydrogens (primary N) is 1. The van der Waals surface area contributed by atoms with E-state index in [4.69, 9.17) is 5.73 Å². The number of halogens is 2. The Bertz CT molecular complexity index is 567. The second-order valence-corrected chi connectivity index (χ2v) is 3.28. The molecule has 0 saturated carbocycles. The van der Waals surface area contributed by atoms with E-state index in [-0.39, 0.29) is 17.1 Å². The molecule has 0 unspecified atom stereocenters. The van der Waals surface area contributed by atoms with Crippen molar-refractivity contribution >= 4 is 17.4 Å². The summed E-state index contributed by atoms with van der Waals surface area (Å²) in [4.78, 5) is 11.6. The molecule has 1 heterocycles. The lowest BCUT2D eigenvalue weighted by atomic mass is 10.2. The lowest BCUT2D eigenvalue weighted by molar-refractivity contribution is 0.102. The van der Waals surface area contributed by atoms with E-state index in [2.05, 4.69) is 15.5 Å². The van der Waals surface area contributed by atoms with Crippen LogP contribution in [-0.4, -0.2) is 16.1 Å². The van der Waals surface area contributed by atoms with Gasteiger partial charge < -0.3 is 11.1 Å². The number of H-pyrrole nitrogens is 1. The Kier molecular flexibility index (Phi) is 2.73. The Balaban J connectivity index is 2.22. The summed E-state index contributed by atoms with van der Waals surface area (Å²) >= 11 is 0. The van der Waals surface area contributed by atoms with Crippen LogP contribution >= 0.6 is 0 Å². The molecule has 1 aromatic heterocycles. The largest absolute Gasteiger partial charge is 0.383 e. The van der Waals surface area contributed by atoms with Crippen molar-refractivity contribution in [3.8, 4) is 0 Å². The minimum Gasteiger partial charge on any atom is -0.383 e. The Hall–Kier alpha value is -2.44. The van der Waals surface area contributed by atoms with Gasteiger partial charge in [0.1, 0.15) is 23.0 Å². The third-order valence-electron chi connectivity index (χ3n) is 2.09. The standard InChI is InChI=1S/C10H8F2N4O/c11-5-1-2-8(7(12)3-5)15-10(17)6-4-14-16-9(6)13/h1-4H,(H,15,17)(H3,13,14,16). The first-order valence-corrected chi connectivity index (χ1v) is 4.63. The van der Waals surface area contributed by atoms with Crippen molar-refractivity contribution in [3.05, 3.63) is 41.6 Å². The number of anilines is 2. The highest BCUT2D eigenvalue weighted by molar-refractivity contribution is 6.07. The van der Waals surface area contributed by atoms with Gasteiger partial charge in [0.05, 0.1) is 11.9 Å². The van der Waals surface area contributed by atoms with Gasteiger partial charge in [-0.2, -0.15) is 5.10 Å². The number of nitrogen functional groups attached to an aromatic ring is 1. The van der Waals surface area contributed by atoms with Crippen molar-refractivity contribution in [2.75, 3.05) is 11.1 Å². The fourth-order valence-corrected chi connectivity index (χ4v) is 1.26. The van der Waals surface area contributed by atoms with Gasteiger partial charge in [-0.1, -0.05) is 0 Å². The summed E-state index contributed by atoms with van der Waals surface area (Å²) in [6.07, 6.45) is 1.21. The van der Waals surface area contributed by atoms with Crippen LogP contribution in [0.2, 0.25) is 0 Å². The molecule has 0 bridgehead atoms. The molecule has 2 aromatic rings. The molecule has 0 saturated heterocycles. The van der Waals surface area contributed by atoms with Gasteiger partial charge in [0.25, 0.3) is 5.91 Å². The summed E-state index contributed by atoms with van der Waals surface area (Å²) in [5.41, 5.74) is 5.39. The highest BCUT2D eigenvalue weighted by atomic mass is 19.1. The zero-order chi connectivity index (χ0) is 12.4. The lowest BCUT2D eigenvalue weighted by Crippen LogP contribution is -2.14. The molecule has 1 amide bonds. The van der Waals surface area contributed by atoms with Crippen molar-refractivity contribution in [1.29, 1.82) is 0 Å². The number of rotatable bonds is 2. The smallest absolute Gasteiger partial charge is 0.261 e. The van der Waals surface area contributed by atoms with Crippen molar-refractivity contribution in [1.82, 2.24) is 10.2 Å². The first-order valence-electron chi connectivity index (χ1n) is 4.63. The number of amides is 1. The number of nitrogens with one attached hydrogen (secondary N) is 2. The van der Waals surface area contributed by atoms with Gasteiger partial charge in [0, 0.05) is 6.07 Å². The summed E-state index contributed by atoms with van der Waals surface area (Å²) in [5.74, 6) is -2.13. The predicted molar refractivity (Wildman–Crippen MR) is 57.3 cm³/mol. The van der Waals surface area contributed by atoms with E-state index in [0.29, 0.717) is 6.07 Å². The Morgan fingerprint density at radius 3 is 2.76 bits per heavy atom. The summed E-state index contributed by atoms with van der Waals surface area (Å²) in [7, 11) is 0. The number of benzene rings is 1. The maximum absolute atomic E-state index is 13.2. The fourth-order valence-electron chi connectivity index (χ4n) is 1.26. The van der Waals surface area contributed by atoms with Gasteiger partial charge in [0.15, 0.2) is 0 Å². The lowest BCUT2D eigenvalue weighted by Gasteiger charge is -2.05. The van der Waals surface area contributed by atoms with Gasteiger partial charge >= 0.3 is 0 Å². The van der Waals surface area contributed by atoms with E-state index in [1.54, 1.807) is 0 Å². The number of hydrogen-bond donors (Lipinski definition) is 3. The van der Waals surface area contributed by atoms with E-state index in [9.17, 15) is 13.6 Å². The zero-order valence-corrected chi connectivity index (χ0v) is 8.50. The Labute approximate surface area is 94.6 Å². The molecule has 0 fully saturated rings. The van der Waals surface area contributed by atoms with E-state index in [0.717, 1.165) is 12.1 Å². The van der Waals surface area contributed by atoms with Crippen molar-refractivity contribution < 1.29 is 13.6 Å². The molecule has 7 heteroatoms. The zero-order valence-electron chi connectivity index (χ0n) is 8.50. The molecule has 0 aliphatic heterocycles. The third kappa shape index (κ3) is 2.22. The van der Waals surface area contributed by atoms with Crippen molar-refractivity contribution in [2.24, 2.45) is 0 Å². The van der Waals surface area contributed by atoms with Crippen LogP contribution in [0.4, 0.5) is 20.3 Å². The number of aromatic nitrogens is 2. The number of aromatic amines is 1. The quantitative estimate of drug-likeness (QED) is 0.741. The molecule has 2 rings (SSSR count). The molecule has 0 aliphatic carbocycles. The molecule has 0 aliphatic rings. The van der Waals surface area contributed by atoms with Crippen LogP contribution in [-0.2, 0) is 0 Å². The van der Waals surface area contributed by atoms with Crippen LogP contribution in [0, 0.1) is 11.6 Å². The maximum Gasteiger partial charge on any atom is 0.261 e. The second-order valence-electron chi connectivity index (χ2n) is 3.28. The first-order chi connectivity index (χ1) is 8.08. The number of carbonyl (C=O) groups is 1. The highest BCUT2D eigenvalue weighted by Crippen LogP contribution is 2.17. The Morgan fingerprint density at radius 2 is 2.18 bits per heavy atom. The number of carbonyl (C=O) groups excluding carboxylic acids is 1. The molecule has 0 spiro atoms. The second kappa shape index (κ2) is 4.20. The van der Waals surface area contributed by atoms with Crippen LogP contribution in [0.1, 0.15) is 10.4 Å². The summed E-state index contributed by atoms with van der Waals surface area (Å²) in [6, 6.07) is 2.84. The molecule has 0 atom stereocenters. The predicted octanol–water partition coefficient (Wildman–Crippen LogP) is 1.52. The molecule has 88 valence electrons. The molecule has 4 N–H and O–H groups in total. The van der Waals surface area contributed by atoms with E-state index < -0.39 is 17.5 Å². The van der Waals surface area contributed by atoms with Crippen LogP contribution in [0.25, 0.3) is 0 Å². The van der Waals surface area contributed by atoms with Gasteiger partial charge in [-0.25, -0.2) is 8.78 Å². The SMILES string of the molecule is Nc1[nH]ncc1C(=O)Nc1ccc(F)cc1F.